The zero-order chi connectivity index (χ0) is 16.0. The summed E-state index contributed by atoms with van der Waals surface area (Å²) in [7, 11) is 3.43. The van der Waals surface area contributed by atoms with Crippen LogP contribution < -0.4 is 4.90 Å². The molecule has 2 aromatic rings. The molecular weight excluding hydrogens is 304 g/mol. The van der Waals surface area contributed by atoms with Gasteiger partial charge in [-0.3, -0.25) is 14.4 Å². The molecule has 0 radical (unpaired) electrons. The molecule has 0 saturated carbocycles. The second-order valence-electron chi connectivity index (χ2n) is 5.43. The number of hydrogen-bond acceptors (Lipinski definition) is 4. The summed E-state index contributed by atoms with van der Waals surface area (Å²) in [6.07, 6.45) is 0. The third-order valence-corrected chi connectivity index (χ3v) is 4.18. The van der Waals surface area contributed by atoms with Crippen molar-refractivity contribution in [2.45, 2.75) is 13.0 Å². The molecule has 2 heterocycles. The molecule has 0 N–H and O–H groups in total. The minimum atomic E-state index is -0.601. The third kappa shape index (κ3) is 2.29. The van der Waals surface area contributed by atoms with Crippen LogP contribution in [0.3, 0.4) is 0 Å². The first-order valence-electron chi connectivity index (χ1n) is 6.89. The zero-order valence-electron chi connectivity index (χ0n) is 12.6. The first kappa shape index (κ1) is 15.0. The average molecular weight is 320 g/mol. The number of benzene rings is 1. The van der Waals surface area contributed by atoms with Crippen molar-refractivity contribution < 1.29 is 4.79 Å². The van der Waals surface area contributed by atoms with Gasteiger partial charge in [-0.05, 0) is 24.6 Å². The molecule has 1 amide bonds. The molecule has 1 aromatic carbocycles. The number of anilines is 1. The highest BCUT2D eigenvalue weighted by Crippen LogP contribution is 2.39. The largest absolute Gasteiger partial charge is 0.784 e. The van der Waals surface area contributed by atoms with Crippen molar-refractivity contribution in [1.29, 1.82) is 0 Å². The van der Waals surface area contributed by atoms with Gasteiger partial charge in [0.15, 0.2) is 0 Å². The molecule has 1 unspecified atom stereocenters. The molecular formula is C15H16ClN4O2-. The Balaban J connectivity index is 2.25. The van der Waals surface area contributed by atoms with E-state index in [-0.39, 0.29) is 12.5 Å². The Bertz CT molecular complexity index is 743. The maximum Gasteiger partial charge on any atom is 0.241 e. The van der Waals surface area contributed by atoms with E-state index in [4.69, 9.17) is 11.6 Å². The molecule has 1 atom stereocenters. The molecule has 1 aliphatic rings. The van der Waals surface area contributed by atoms with E-state index < -0.39 is 6.04 Å². The highest BCUT2D eigenvalue weighted by atomic mass is 35.5. The third-order valence-electron chi connectivity index (χ3n) is 3.95. The molecule has 1 aliphatic heterocycles. The lowest BCUT2D eigenvalue weighted by Crippen LogP contribution is -2.34. The fourth-order valence-electron chi connectivity index (χ4n) is 2.98. The lowest BCUT2D eigenvalue weighted by molar-refractivity contribution is -0.119. The number of amides is 1. The van der Waals surface area contributed by atoms with E-state index in [1.54, 1.807) is 37.0 Å². The number of aryl methyl sites for hydroxylation is 2. The highest BCUT2D eigenvalue weighted by molar-refractivity contribution is 6.30. The van der Waals surface area contributed by atoms with E-state index >= 15 is 0 Å². The van der Waals surface area contributed by atoms with E-state index in [1.807, 2.05) is 13.0 Å². The summed E-state index contributed by atoms with van der Waals surface area (Å²) in [5, 5.41) is 18.3. The van der Waals surface area contributed by atoms with E-state index in [1.165, 1.54) is 4.90 Å². The number of hydroxylamine groups is 2. The molecule has 6 nitrogen and oxygen atoms in total. The summed E-state index contributed by atoms with van der Waals surface area (Å²) < 4.78 is 1.64. The zero-order valence-corrected chi connectivity index (χ0v) is 13.3. The van der Waals surface area contributed by atoms with E-state index in [0.29, 0.717) is 10.8 Å². The Morgan fingerprint density at radius 2 is 2.09 bits per heavy atom. The molecule has 7 heteroatoms. The van der Waals surface area contributed by atoms with Crippen LogP contribution in [0.15, 0.2) is 24.3 Å². The lowest BCUT2D eigenvalue weighted by Gasteiger charge is -2.35. The molecule has 0 spiro atoms. The number of aromatic nitrogens is 2. The molecule has 0 aliphatic carbocycles. The van der Waals surface area contributed by atoms with E-state index in [9.17, 15) is 10.0 Å². The van der Waals surface area contributed by atoms with Crippen LogP contribution in [-0.2, 0) is 11.8 Å². The van der Waals surface area contributed by atoms with Crippen LogP contribution in [0.2, 0.25) is 5.02 Å². The Morgan fingerprint density at radius 3 is 2.77 bits per heavy atom. The van der Waals surface area contributed by atoms with Gasteiger partial charge < -0.3 is 10.3 Å². The second kappa shape index (κ2) is 5.39. The number of hydrogen-bond donors (Lipinski definition) is 0. The van der Waals surface area contributed by atoms with Crippen LogP contribution in [0.25, 0.3) is 0 Å². The van der Waals surface area contributed by atoms with E-state index in [0.717, 1.165) is 21.9 Å². The van der Waals surface area contributed by atoms with Gasteiger partial charge in [0.2, 0.25) is 5.91 Å². The summed E-state index contributed by atoms with van der Waals surface area (Å²) in [6, 6.07) is 6.55. The van der Waals surface area contributed by atoms with Crippen molar-refractivity contribution in [1.82, 2.24) is 14.8 Å². The Hall–Kier alpha value is -1.89. The SMILES string of the molecule is Cc1nn(C)c2c1C(c1cccc(Cl)c1)N([O-])CC(=O)N2C. The first-order chi connectivity index (χ1) is 10.4. The van der Waals surface area contributed by atoms with Crippen molar-refractivity contribution in [3.8, 4) is 0 Å². The summed E-state index contributed by atoms with van der Waals surface area (Å²) in [6.45, 7) is 1.63. The van der Waals surface area contributed by atoms with Crippen LogP contribution in [0.1, 0.15) is 22.9 Å². The molecule has 3 rings (SSSR count). The maximum absolute atomic E-state index is 12.6. The van der Waals surface area contributed by atoms with Crippen molar-refractivity contribution >= 4 is 23.3 Å². The minimum Gasteiger partial charge on any atom is -0.784 e. The fourth-order valence-corrected chi connectivity index (χ4v) is 3.18. The number of halogens is 1. The number of rotatable bonds is 1. The summed E-state index contributed by atoms with van der Waals surface area (Å²) in [5.74, 6) is 0.384. The standard InChI is InChI=1S/C15H16ClN4O2/c1-9-13-14(10-5-4-6-11(16)7-10)20(22)8-12(21)18(2)15(13)19(3)17-9/h4-7,14H,8H2,1-3H3/q-1. The van der Waals surface area contributed by atoms with Crippen LogP contribution in [0, 0.1) is 12.1 Å². The monoisotopic (exact) mass is 319 g/mol. The van der Waals surface area contributed by atoms with Crippen LogP contribution in [-0.4, -0.2) is 34.3 Å². The number of nitrogens with zero attached hydrogens (tertiary/aromatic N) is 4. The maximum atomic E-state index is 12.6. The molecule has 22 heavy (non-hydrogen) atoms. The number of likely N-dealkylation sites (N-methyl/N-ethyl adjacent to an activating group) is 1. The Labute approximate surface area is 133 Å². The van der Waals surface area contributed by atoms with Gasteiger partial charge in [0.05, 0.1) is 18.3 Å². The predicted molar refractivity (Wildman–Crippen MR) is 84.7 cm³/mol. The average Bonchev–Trinajstić information content (AvgIpc) is 2.67. The van der Waals surface area contributed by atoms with Crippen molar-refractivity contribution in [3.05, 3.63) is 51.3 Å². The molecule has 0 bridgehead atoms. The van der Waals surface area contributed by atoms with Gasteiger partial charge in [-0.15, -0.1) is 0 Å². The van der Waals surface area contributed by atoms with Crippen molar-refractivity contribution in [2.24, 2.45) is 7.05 Å². The van der Waals surface area contributed by atoms with Gasteiger partial charge in [-0.2, -0.15) is 5.10 Å². The topological polar surface area (TPSA) is 64.4 Å². The summed E-state index contributed by atoms with van der Waals surface area (Å²) >= 11 is 6.06. The predicted octanol–water partition coefficient (Wildman–Crippen LogP) is 2.25. The fraction of sp³-hybridized carbons (Fsp3) is 0.333. The quantitative estimate of drug-likeness (QED) is 0.808. The Morgan fingerprint density at radius 1 is 1.36 bits per heavy atom. The van der Waals surface area contributed by atoms with Gasteiger partial charge in [0.1, 0.15) is 5.82 Å². The lowest BCUT2D eigenvalue weighted by atomic mass is 9.98. The van der Waals surface area contributed by atoms with Crippen LogP contribution in [0.5, 0.6) is 0 Å². The van der Waals surface area contributed by atoms with Gasteiger partial charge in [0.25, 0.3) is 0 Å². The second-order valence-corrected chi connectivity index (χ2v) is 5.87. The highest BCUT2D eigenvalue weighted by Gasteiger charge is 2.33. The smallest absolute Gasteiger partial charge is 0.241 e. The van der Waals surface area contributed by atoms with Crippen molar-refractivity contribution in [3.63, 3.8) is 0 Å². The number of carbonyl (C=O) groups is 1. The number of carbonyl (C=O) groups excluding carboxylic acids is 1. The minimum absolute atomic E-state index is 0.207. The van der Waals surface area contributed by atoms with E-state index in [2.05, 4.69) is 5.10 Å². The normalized spacial score (nSPS) is 19.2. The Kier molecular flexibility index (Phi) is 3.68. The summed E-state index contributed by atoms with van der Waals surface area (Å²) in [5.41, 5.74) is 2.22. The van der Waals surface area contributed by atoms with Gasteiger partial charge in [-0.1, -0.05) is 23.7 Å². The van der Waals surface area contributed by atoms with Crippen LogP contribution in [0.4, 0.5) is 5.82 Å². The molecule has 0 saturated heterocycles. The number of fused-ring (bicyclic) bond motifs is 1. The van der Waals surface area contributed by atoms with Crippen molar-refractivity contribution in [2.75, 3.05) is 18.5 Å². The first-order valence-corrected chi connectivity index (χ1v) is 7.27. The van der Waals surface area contributed by atoms with Crippen LogP contribution >= 0.6 is 11.6 Å². The molecule has 116 valence electrons. The molecule has 1 aromatic heterocycles. The summed E-state index contributed by atoms with van der Waals surface area (Å²) in [4.78, 5) is 13.7. The molecule has 0 fully saturated rings. The van der Waals surface area contributed by atoms with Gasteiger partial charge in [0, 0.05) is 24.7 Å². The van der Waals surface area contributed by atoms with Gasteiger partial charge in [-0.25, -0.2) is 0 Å². The van der Waals surface area contributed by atoms with Gasteiger partial charge >= 0.3 is 0 Å².